The van der Waals surface area contributed by atoms with Gasteiger partial charge in [-0.2, -0.15) is 0 Å². The third-order valence-corrected chi connectivity index (χ3v) is 7.04. The number of hydrogen-bond acceptors (Lipinski definition) is 8. The minimum Gasteiger partial charge on any atom is -0.436 e. The lowest BCUT2D eigenvalue weighted by Gasteiger charge is -2.56. The van der Waals surface area contributed by atoms with E-state index in [9.17, 15) is 4.79 Å². The molecule has 3 aromatic heterocycles. The summed E-state index contributed by atoms with van der Waals surface area (Å²) in [5.74, 6) is 1.84. The molecule has 1 amide bonds. The molecule has 0 atom stereocenters. The highest BCUT2D eigenvalue weighted by Gasteiger charge is 2.49. The van der Waals surface area contributed by atoms with Crippen LogP contribution in [0.4, 0.5) is 17.3 Å². The Bertz CT molecular complexity index is 1450. The van der Waals surface area contributed by atoms with E-state index in [0.717, 1.165) is 72.3 Å². The van der Waals surface area contributed by atoms with E-state index < -0.39 is 0 Å². The molecular weight excluding hydrogens is 432 g/mol. The molecule has 1 spiro atoms. The van der Waals surface area contributed by atoms with Gasteiger partial charge in [-0.15, -0.1) is 0 Å². The molecule has 2 aliphatic heterocycles. The normalized spacial score (nSPS) is 18.7. The zero-order valence-corrected chi connectivity index (χ0v) is 18.8. The van der Waals surface area contributed by atoms with E-state index in [-0.39, 0.29) is 11.8 Å². The molecule has 2 N–H and O–H groups in total. The Morgan fingerprint density at radius 2 is 1.97 bits per heavy atom. The second-order valence-electron chi connectivity index (χ2n) is 9.67. The van der Waals surface area contributed by atoms with Crippen LogP contribution in [0.2, 0.25) is 0 Å². The quantitative estimate of drug-likeness (QED) is 0.469. The summed E-state index contributed by atoms with van der Waals surface area (Å²) in [6.45, 7) is 3.76. The number of carbonyl (C=O) groups is 1. The number of ether oxygens (including phenoxy) is 1. The van der Waals surface area contributed by atoms with Crippen LogP contribution >= 0.6 is 0 Å². The summed E-state index contributed by atoms with van der Waals surface area (Å²) in [4.78, 5) is 28.4. The first kappa shape index (κ1) is 19.7. The van der Waals surface area contributed by atoms with Crippen LogP contribution in [0.15, 0.2) is 41.1 Å². The van der Waals surface area contributed by atoms with Crippen LogP contribution in [0.1, 0.15) is 12.8 Å². The molecule has 7 rings (SSSR count). The fourth-order valence-corrected chi connectivity index (χ4v) is 4.89. The van der Waals surface area contributed by atoms with Crippen molar-refractivity contribution in [1.29, 1.82) is 0 Å². The van der Waals surface area contributed by atoms with Crippen LogP contribution in [0.25, 0.3) is 33.3 Å². The predicted octanol–water partition coefficient (Wildman–Crippen LogP) is 3.66. The van der Waals surface area contributed by atoms with E-state index in [1.165, 1.54) is 0 Å². The molecule has 1 aliphatic carbocycles. The van der Waals surface area contributed by atoms with Crippen LogP contribution in [0.5, 0.6) is 0 Å². The molecule has 1 aromatic carbocycles. The van der Waals surface area contributed by atoms with Crippen LogP contribution < -0.4 is 15.5 Å². The number of aromatic nitrogens is 3. The van der Waals surface area contributed by atoms with Gasteiger partial charge in [-0.1, -0.05) is 0 Å². The number of anilines is 3. The van der Waals surface area contributed by atoms with Gasteiger partial charge < -0.3 is 24.7 Å². The van der Waals surface area contributed by atoms with Crippen LogP contribution in [0.3, 0.4) is 0 Å². The summed E-state index contributed by atoms with van der Waals surface area (Å²) in [6.07, 6.45) is 5.36. The highest BCUT2D eigenvalue weighted by atomic mass is 16.5. The molecule has 34 heavy (non-hydrogen) atoms. The number of amides is 1. The van der Waals surface area contributed by atoms with Crippen molar-refractivity contribution in [3.63, 3.8) is 0 Å². The predicted molar refractivity (Wildman–Crippen MR) is 129 cm³/mol. The largest absolute Gasteiger partial charge is 0.436 e. The Morgan fingerprint density at radius 3 is 2.71 bits per heavy atom. The number of rotatable bonds is 5. The van der Waals surface area contributed by atoms with Crippen molar-refractivity contribution in [2.45, 2.75) is 12.8 Å². The SMILES string of the molecule is CNc1ncc(-c2nc3cc(N4CC5(COC5)C4)ccc3o2)c2cc(NC(=O)C3CC3)ncc12. The maximum absolute atomic E-state index is 12.3. The first-order valence-electron chi connectivity index (χ1n) is 11.6. The Kier molecular flexibility index (Phi) is 4.14. The first-order valence-corrected chi connectivity index (χ1v) is 11.6. The van der Waals surface area contributed by atoms with Crippen molar-refractivity contribution in [2.24, 2.45) is 11.3 Å². The fourth-order valence-electron chi connectivity index (χ4n) is 4.89. The second kappa shape index (κ2) is 7.14. The molecular formula is C25H24N6O3. The van der Waals surface area contributed by atoms with Gasteiger partial charge in [0.2, 0.25) is 11.8 Å². The summed E-state index contributed by atoms with van der Waals surface area (Å²) >= 11 is 0. The molecule has 0 bridgehead atoms. The third-order valence-electron chi connectivity index (χ3n) is 7.04. The third kappa shape index (κ3) is 3.11. The number of pyridine rings is 2. The average molecular weight is 457 g/mol. The Balaban J connectivity index is 1.26. The Hall–Kier alpha value is -3.72. The minimum absolute atomic E-state index is 0.0203. The highest BCUT2D eigenvalue weighted by molar-refractivity contribution is 6.03. The molecule has 3 aliphatic rings. The van der Waals surface area contributed by atoms with E-state index >= 15 is 0 Å². The van der Waals surface area contributed by atoms with Gasteiger partial charge in [0, 0.05) is 54.9 Å². The summed E-state index contributed by atoms with van der Waals surface area (Å²) in [5, 5.41) is 7.74. The van der Waals surface area contributed by atoms with Gasteiger partial charge in [0.15, 0.2) is 5.58 Å². The molecule has 9 heteroatoms. The molecule has 9 nitrogen and oxygen atoms in total. The lowest BCUT2D eigenvalue weighted by atomic mass is 9.78. The van der Waals surface area contributed by atoms with Crippen molar-refractivity contribution < 1.29 is 13.9 Å². The smallest absolute Gasteiger partial charge is 0.229 e. The fraction of sp³-hybridized carbons (Fsp3) is 0.360. The number of nitrogens with one attached hydrogen (secondary N) is 2. The van der Waals surface area contributed by atoms with Gasteiger partial charge in [0.05, 0.1) is 24.2 Å². The zero-order valence-electron chi connectivity index (χ0n) is 18.8. The number of oxazole rings is 1. The molecule has 0 radical (unpaired) electrons. The number of benzene rings is 1. The second-order valence-corrected chi connectivity index (χ2v) is 9.67. The molecule has 5 heterocycles. The van der Waals surface area contributed by atoms with Gasteiger partial charge in [-0.05, 0) is 37.1 Å². The van der Waals surface area contributed by atoms with Gasteiger partial charge >= 0.3 is 0 Å². The van der Waals surface area contributed by atoms with Crippen LogP contribution in [0, 0.1) is 11.3 Å². The number of carbonyl (C=O) groups excluding carboxylic acids is 1. The van der Waals surface area contributed by atoms with Crippen molar-refractivity contribution in [3.05, 3.63) is 36.7 Å². The summed E-state index contributed by atoms with van der Waals surface area (Å²) in [7, 11) is 1.82. The Labute approximate surface area is 195 Å². The summed E-state index contributed by atoms with van der Waals surface area (Å²) in [6, 6.07) is 8.01. The number of hydrogen-bond donors (Lipinski definition) is 2. The van der Waals surface area contributed by atoms with Crippen LogP contribution in [-0.4, -0.2) is 54.2 Å². The van der Waals surface area contributed by atoms with Gasteiger partial charge in [-0.25, -0.2) is 15.0 Å². The molecule has 4 aromatic rings. The zero-order chi connectivity index (χ0) is 22.9. The minimum atomic E-state index is 0.0203. The number of fused-ring (bicyclic) bond motifs is 2. The molecule has 172 valence electrons. The van der Waals surface area contributed by atoms with E-state index in [4.69, 9.17) is 14.1 Å². The van der Waals surface area contributed by atoms with Crippen molar-refractivity contribution in [3.8, 4) is 11.5 Å². The van der Waals surface area contributed by atoms with Crippen molar-refractivity contribution in [1.82, 2.24) is 15.0 Å². The maximum atomic E-state index is 12.3. The van der Waals surface area contributed by atoms with Gasteiger partial charge in [0.1, 0.15) is 17.2 Å². The van der Waals surface area contributed by atoms with E-state index in [1.54, 1.807) is 12.4 Å². The van der Waals surface area contributed by atoms with E-state index in [1.807, 2.05) is 19.2 Å². The Morgan fingerprint density at radius 1 is 1.12 bits per heavy atom. The molecule has 1 saturated carbocycles. The van der Waals surface area contributed by atoms with E-state index in [0.29, 0.717) is 22.9 Å². The lowest BCUT2D eigenvalue weighted by molar-refractivity contribution is -0.127. The molecule has 2 saturated heterocycles. The van der Waals surface area contributed by atoms with E-state index in [2.05, 4.69) is 37.6 Å². The lowest BCUT2D eigenvalue weighted by Crippen LogP contribution is -2.66. The maximum Gasteiger partial charge on any atom is 0.229 e. The summed E-state index contributed by atoms with van der Waals surface area (Å²) in [5.41, 5.74) is 3.78. The van der Waals surface area contributed by atoms with Gasteiger partial charge in [0.25, 0.3) is 0 Å². The standard InChI is InChI=1S/C25H24N6O3/c1-26-22-17-8-27-21(30-23(32)14-2-3-14)7-16(17)18(9-28-22)24-29-19-6-15(4-5-20(19)34-24)31-10-25(11-31)12-33-13-25/h4-9,14H,2-3,10-13H2,1H3,(H,26,28)(H,27,30,32). The highest BCUT2D eigenvalue weighted by Crippen LogP contribution is 2.41. The molecule has 3 fully saturated rings. The van der Waals surface area contributed by atoms with Crippen molar-refractivity contribution in [2.75, 3.05) is 48.9 Å². The summed E-state index contributed by atoms with van der Waals surface area (Å²) < 4.78 is 11.5. The van der Waals surface area contributed by atoms with Gasteiger partial charge in [-0.3, -0.25) is 4.79 Å². The topological polar surface area (TPSA) is 105 Å². The van der Waals surface area contributed by atoms with Crippen molar-refractivity contribution >= 4 is 45.1 Å². The average Bonchev–Trinajstić information content (AvgIpc) is 3.56. The number of nitrogens with zero attached hydrogens (tertiary/aromatic N) is 4. The molecule has 0 unspecified atom stereocenters. The van der Waals surface area contributed by atoms with Crippen LogP contribution in [-0.2, 0) is 9.53 Å². The monoisotopic (exact) mass is 456 g/mol. The first-order chi connectivity index (χ1) is 16.6.